The summed E-state index contributed by atoms with van der Waals surface area (Å²) in [6.45, 7) is 11.0. The van der Waals surface area contributed by atoms with Gasteiger partial charge in [-0.3, -0.25) is 9.88 Å². The van der Waals surface area contributed by atoms with E-state index in [1.54, 1.807) is 0 Å². The molecule has 0 N–H and O–H groups in total. The number of anilines is 1. The Hall–Kier alpha value is -1.87. The SMILES string of the molecule is Cc1cc(C)c(N2C3CCN(Cc4ccccc43)C2C)c(C)n1. The van der Waals surface area contributed by atoms with Crippen LogP contribution in [0.1, 0.15) is 47.5 Å². The highest BCUT2D eigenvalue weighted by atomic mass is 15.4. The lowest BCUT2D eigenvalue weighted by Crippen LogP contribution is -2.51. The normalized spacial score (nSPS) is 26.1. The van der Waals surface area contributed by atoms with Gasteiger partial charge in [0.1, 0.15) is 0 Å². The molecule has 0 spiro atoms. The Labute approximate surface area is 139 Å². The standard InChI is InChI=1S/C20H25N3/c1-13-11-14(2)21-15(3)20(13)23-16(4)22-10-9-19(23)18-8-6-5-7-17(18)12-22/h5-8,11,16,19H,9-10,12H2,1-4H3. The lowest BCUT2D eigenvalue weighted by molar-refractivity contribution is 0.154. The van der Waals surface area contributed by atoms with Gasteiger partial charge in [0.2, 0.25) is 0 Å². The zero-order valence-corrected chi connectivity index (χ0v) is 14.5. The van der Waals surface area contributed by atoms with Crippen LogP contribution in [0.5, 0.6) is 0 Å². The molecule has 5 rings (SSSR count). The first-order chi connectivity index (χ1) is 11.1. The highest BCUT2D eigenvalue weighted by Crippen LogP contribution is 2.43. The highest BCUT2D eigenvalue weighted by molar-refractivity contribution is 5.60. The van der Waals surface area contributed by atoms with Crippen molar-refractivity contribution in [3.63, 3.8) is 0 Å². The first-order valence-corrected chi connectivity index (χ1v) is 8.61. The second-order valence-electron chi connectivity index (χ2n) is 7.03. The van der Waals surface area contributed by atoms with Gasteiger partial charge in [0.25, 0.3) is 0 Å². The van der Waals surface area contributed by atoms with E-state index in [2.05, 4.69) is 67.8 Å². The van der Waals surface area contributed by atoms with Gasteiger partial charge in [-0.2, -0.15) is 0 Å². The first-order valence-electron chi connectivity index (χ1n) is 8.61. The summed E-state index contributed by atoms with van der Waals surface area (Å²) in [5.74, 6) is 0. The van der Waals surface area contributed by atoms with Crippen LogP contribution >= 0.6 is 0 Å². The molecule has 2 bridgehead atoms. The van der Waals surface area contributed by atoms with Crippen LogP contribution in [0.4, 0.5) is 5.69 Å². The van der Waals surface area contributed by atoms with Crippen LogP contribution < -0.4 is 4.90 Å². The maximum absolute atomic E-state index is 4.75. The van der Waals surface area contributed by atoms with Gasteiger partial charge in [-0.15, -0.1) is 0 Å². The summed E-state index contributed by atoms with van der Waals surface area (Å²) >= 11 is 0. The van der Waals surface area contributed by atoms with Crippen LogP contribution in [0, 0.1) is 20.8 Å². The van der Waals surface area contributed by atoms with E-state index in [9.17, 15) is 0 Å². The number of rotatable bonds is 1. The molecule has 1 aromatic carbocycles. The zero-order chi connectivity index (χ0) is 16.1. The van der Waals surface area contributed by atoms with Crippen LogP contribution in [-0.4, -0.2) is 22.6 Å². The van der Waals surface area contributed by atoms with Crippen molar-refractivity contribution in [3.8, 4) is 0 Å². The quantitative estimate of drug-likeness (QED) is 0.790. The summed E-state index contributed by atoms with van der Waals surface area (Å²) in [7, 11) is 0. The topological polar surface area (TPSA) is 19.4 Å². The van der Waals surface area contributed by atoms with E-state index >= 15 is 0 Å². The molecule has 0 aliphatic carbocycles. The maximum Gasteiger partial charge on any atom is 0.0802 e. The van der Waals surface area contributed by atoms with Gasteiger partial charge in [0, 0.05) is 18.8 Å². The van der Waals surface area contributed by atoms with Crippen molar-refractivity contribution in [1.29, 1.82) is 0 Å². The van der Waals surface area contributed by atoms with E-state index in [-0.39, 0.29) is 0 Å². The molecule has 0 saturated carbocycles. The number of fused-ring (bicyclic) bond motifs is 2. The maximum atomic E-state index is 4.75. The van der Waals surface area contributed by atoms with Crippen molar-refractivity contribution in [2.75, 3.05) is 11.4 Å². The molecule has 3 heteroatoms. The molecule has 3 unspecified atom stereocenters. The van der Waals surface area contributed by atoms with E-state index in [0.717, 1.165) is 17.9 Å². The first kappa shape index (κ1) is 14.7. The molecular formula is C20H25N3. The minimum Gasteiger partial charge on any atom is -0.347 e. The van der Waals surface area contributed by atoms with E-state index in [4.69, 9.17) is 4.98 Å². The van der Waals surface area contributed by atoms with Gasteiger partial charge < -0.3 is 4.90 Å². The Morgan fingerprint density at radius 2 is 1.91 bits per heavy atom. The van der Waals surface area contributed by atoms with Crippen molar-refractivity contribution in [1.82, 2.24) is 9.88 Å². The third-order valence-electron chi connectivity index (χ3n) is 5.49. The lowest BCUT2D eigenvalue weighted by atomic mass is 9.95. The van der Waals surface area contributed by atoms with Gasteiger partial charge in [0.05, 0.1) is 23.6 Å². The molecule has 3 aliphatic rings. The predicted octanol–water partition coefficient (Wildman–Crippen LogP) is 4.12. The second kappa shape index (κ2) is 5.34. The number of pyridine rings is 1. The third-order valence-corrected chi connectivity index (χ3v) is 5.49. The molecule has 0 radical (unpaired) electrons. The van der Waals surface area contributed by atoms with Crippen LogP contribution in [0.2, 0.25) is 0 Å². The number of aromatic nitrogens is 1. The summed E-state index contributed by atoms with van der Waals surface area (Å²) in [6.07, 6.45) is 1.59. The Balaban J connectivity index is 1.89. The molecule has 1 fully saturated rings. The average molecular weight is 307 g/mol. The molecule has 3 aliphatic heterocycles. The largest absolute Gasteiger partial charge is 0.347 e. The second-order valence-corrected chi connectivity index (χ2v) is 7.03. The van der Waals surface area contributed by atoms with Crippen LogP contribution in [0.3, 0.4) is 0 Å². The Morgan fingerprint density at radius 1 is 1.13 bits per heavy atom. The van der Waals surface area contributed by atoms with Crippen molar-refractivity contribution >= 4 is 5.69 Å². The van der Waals surface area contributed by atoms with Crippen molar-refractivity contribution in [2.24, 2.45) is 0 Å². The summed E-state index contributed by atoms with van der Waals surface area (Å²) in [4.78, 5) is 9.97. The van der Waals surface area contributed by atoms with Gasteiger partial charge in [-0.25, -0.2) is 0 Å². The highest BCUT2D eigenvalue weighted by Gasteiger charge is 2.39. The number of hydrogen-bond acceptors (Lipinski definition) is 3. The summed E-state index contributed by atoms with van der Waals surface area (Å²) in [6, 6.07) is 11.6. The van der Waals surface area contributed by atoms with Gasteiger partial charge in [0.15, 0.2) is 0 Å². The molecule has 0 amide bonds. The molecule has 1 aromatic heterocycles. The van der Waals surface area contributed by atoms with E-state index in [1.807, 2.05) is 0 Å². The van der Waals surface area contributed by atoms with Crippen LogP contribution in [0.25, 0.3) is 0 Å². The van der Waals surface area contributed by atoms with Crippen molar-refractivity contribution in [2.45, 2.75) is 52.9 Å². The molecule has 23 heavy (non-hydrogen) atoms. The van der Waals surface area contributed by atoms with Gasteiger partial charge >= 0.3 is 0 Å². The molecule has 3 nitrogen and oxygen atoms in total. The smallest absolute Gasteiger partial charge is 0.0802 e. The van der Waals surface area contributed by atoms with Crippen LogP contribution in [0.15, 0.2) is 30.3 Å². The lowest BCUT2D eigenvalue weighted by Gasteiger charge is -2.47. The monoisotopic (exact) mass is 307 g/mol. The average Bonchev–Trinajstić information content (AvgIpc) is 2.75. The Morgan fingerprint density at radius 3 is 2.70 bits per heavy atom. The molecule has 2 aromatic rings. The number of benzene rings is 1. The van der Waals surface area contributed by atoms with E-state index < -0.39 is 0 Å². The van der Waals surface area contributed by atoms with Gasteiger partial charge in [-0.05, 0) is 56.9 Å². The number of aryl methyl sites for hydroxylation is 3. The number of hydrogen-bond donors (Lipinski definition) is 0. The summed E-state index contributed by atoms with van der Waals surface area (Å²) in [5, 5.41) is 0. The van der Waals surface area contributed by atoms with Crippen molar-refractivity contribution in [3.05, 3.63) is 58.4 Å². The van der Waals surface area contributed by atoms with E-state index in [1.165, 1.54) is 35.3 Å². The molecule has 1 saturated heterocycles. The molecule has 120 valence electrons. The van der Waals surface area contributed by atoms with E-state index in [0.29, 0.717) is 12.2 Å². The Kier molecular flexibility index (Phi) is 3.42. The molecule has 3 atom stereocenters. The molecule has 4 heterocycles. The summed E-state index contributed by atoms with van der Waals surface area (Å²) < 4.78 is 0. The predicted molar refractivity (Wildman–Crippen MR) is 94.6 cm³/mol. The third kappa shape index (κ3) is 2.26. The fourth-order valence-corrected chi connectivity index (χ4v) is 4.54. The number of nitrogens with zero attached hydrogens (tertiary/aromatic N) is 3. The van der Waals surface area contributed by atoms with Crippen LogP contribution in [-0.2, 0) is 6.54 Å². The van der Waals surface area contributed by atoms with Crippen molar-refractivity contribution < 1.29 is 0 Å². The fraction of sp³-hybridized carbons (Fsp3) is 0.450. The fourth-order valence-electron chi connectivity index (χ4n) is 4.54. The minimum absolute atomic E-state index is 0.406. The Bertz CT molecular complexity index is 729. The minimum atomic E-state index is 0.406. The van der Waals surface area contributed by atoms with Gasteiger partial charge in [-0.1, -0.05) is 24.3 Å². The zero-order valence-electron chi connectivity index (χ0n) is 14.5. The molecular weight excluding hydrogens is 282 g/mol. The summed E-state index contributed by atoms with van der Waals surface area (Å²) in [5.41, 5.74) is 7.92.